The van der Waals surface area contributed by atoms with Crippen molar-refractivity contribution in [3.63, 3.8) is 0 Å². The Bertz CT molecular complexity index is 280. The minimum Gasteiger partial charge on any atom is -0.360 e. The summed E-state index contributed by atoms with van der Waals surface area (Å²) in [5, 5.41) is 9.45. The van der Waals surface area contributed by atoms with E-state index in [0.717, 1.165) is 5.56 Å². The number of ether oxygens (including phenoxy) is 1. The van der Waals surface area contributed by atoms with Crippen molar-refractivity contribution in [2.75, 3.05) is 0 Å². The molecule has 2 nitrogen and oxygen atoms in total. The molecule has 3 unspecified atom stereocenters. The van der Waals surface area contributed by atoms with Gasteiger partial charge in [0.1, 0.15) is 6.10 Å². The first-order valence-electron chi connectivity index (χ1n) is 3.90. The van der Waals surface area contributed by atoms with E-state index in [1.54, 1.807) is 0 Å². The normalized spacial score (nSPS) is 37.5. The van der Waals surface area contributed by atoms with Crippen LogP contribution in [0.5, 0.6) is 0 Å². The van der Waals surface area contributed by atoms with Gasteiger partial charge in [-0.05, 0) is 5.56 Å². The summed E-state index contributed by atoms with van der Waals surface area (Å²) in [6.07, 6.45) is -0.283. The minimum atomic E-state index is -1.19. The zero-order valence-electron chi connectivity index (χ0n) is 6.82. The summed E-state index contributed by atoms with van der Waals surface area (Å²) in [4.78, 5) is 0. The third kappa shape index (κ3) is 1.30. The topological polar surface area (TPSA) is 32.8 Å². The maximum absolute atomic E-state index is 9.45. The first-order valence-corrected chi connectivity index (χ1v) is 3.90. The van der Waals surface area contributed by atoms with E-state index in [9.17, 15) is 5.11 Å². The number of benzene rings is 1. The van der Waals surface area contributed by atoms with Gasteiger partial charge in [0.15, 0.2) is 0 Å². The van der Waals surface area contributed by atoms with Crippen molar-refractivity contribution in [3.05, 3.63) is 35.9 Å². The molecule has 0 bridgehead atoms. The molecular weight excluding hydrogens is 159 g/mol. The predicted octanol–water partition coefficient (Wildman–Crippen LogP) is 1.28. The van der Waals surface area contributed by atoms with Crippen LogP contribution >= 0.6 is 9.18 Å². The van der Waals surface area contributed by atoms with Crippen LogP contribution in [0.15, 0.2) is 30.3 Å². The lowest BCUT2D eigenvalue weighted by atomic mass is 10.2. The summed E-state index contributed by atoms with van der Waals surface area (Å²) in [5.74, 6) is 0. The largest absolute Gasteiger partial charge is 0.360 e. The van der Waals surface area contributed by atoms with Gasteiger partial charge in [0, 0.05) is 0 Å². The molecule has 3 atom stereocenters. The summed E-state index contributed by atoms with van der Waals surface area (Å²) in [6.45, 7) is 0. The van der Waals surface area contributed by atoms with Gasteiger partial charge >= 0.3 is 0 Å². The Hall–Kier alpha value is -0.430. The molecule has 0 aromatic heterocycles. The van der Waals surface area contributed by atoms with Crippen molar-refractivity contribution >= 4 is 9.18 Å². The van der Waals surface area contributed by atoms with Crippen LogP contribution in [0.25, 0.3) is 0 Å². The van der Waals surface area contributed by atoms with E-state index in [1.807, 2.05) is 30.3 Å². The molecule has 0 amide bonds. The van der Waals surface area contributed by atoms with Gasteiger partial charge in [0.2, 0.25) is 5.53 Å². The molecule has 0 saturated carbocycles. The molecule has 1 aromatic carbocycles. The average molecular weight is 169 g/mol. The van der Waals surface area contributed by atoms with Crippen molar-refractivity contribution in [1.29, 1.82) is 1.28 Å². The Morgan fingerprint density at radius 3 is 2.82 bits per heavy atom. The smallest absolute Gasteiger partial charge is 0.210 e. The monoisotopic (exact) mass is 169 g/mol. The van der Waals surface area contributed by atoms with Gasteiger partial charge in [0.05, 0.1) is 1.28 Å². The molecule has 0 spiro atoms. The molecule has 0 aliphatic carbocycles. The molecule has 1 aliphatic rings. The Balaban J connectivity index is 2.16. The van der Waals surface area contributed by atoms with Crippen molar-refractivity contribution in [3.8, 4) is 0 Å². The highest BCUT2D eigenvalue weighted by Crippen LogP contribution is 2.51. The zero-order valence-corrected chi connectivity index (χ0v) is 6.82. The van der Waals surface area contributed by atoms with Crippen molar-refractivity contribution in [2.45, 2.75) is 11.6 Å². The van der Waals surface area contributed by atoms with Crippen LogP contribution in [-0.4, -0.2) is 11.9 Å². The van der Waals surface area contributed by atoms with Crippen LogP contribution in [0.3, 0.4) is 0 Å². The molecule has 1 aromatic rings. The first-order chi connectivity index (χ1) is 5.76. The molecule has 1 saturated heterocycles. The van der Waals surface area contributed by atoms with Crippen LogP contribution < -0.4 is 0 Å². The maximum atomic E-state index is 9.45. The third-order valence-electron chi connectivity index (χ3n) is 1.70. The van der Waals surface area contributed by atoms with E-state index in [4.69, 9.17) is 6.02 Å². The number of aliphatic hydroxyl groups is 1. The van der Waals surface area contributed by atoms with E-state index in [2.05, 4.69) is 0 Å². The highest BCUT2D eigenvalue weighted by atomic mass is 31.0. The van der Waals surface area contributed by atoms with Gasteiger partial charge in [0.25, 0.3) is 0 Å². The highest BCUT2D eigenvalue weighted by molar-refractivity contribution is 7.18. The van der Waals surface area contributed by atoms with E-state index in [-0.39, 0.29) is 15.3 Å². The molecule has 1 heterocycles. The molecular formula is C8H9O2P. The number of hydrogen-bond acceptors (Lipinski definition) is 2. The predicted molar refractivity (Wildman–Crippen MR) is 44.9 cm³/mol. The van der Waals surface area contributed by atoms with Crippen molar-refractivity contribution in [1.82, 2.24) is 0 Å². The van der Waals surface area contributed by atoms with E-state index >= 15 is 0 Å². The highest BCUT2D eigenvalue weighted by Gasteiger charge is 2.52. The number of rotatable bonds is 2. The summed E-state index contributed by atoms with van der Waals surface area (Å²) < 4.78 is 12.1. The Morgan fingerprint density at radius 1 is 1.55 bits per heavy atom. The van der Waals surface area contributed by atoms with Crippen LogP contribution in [0, 0.1) is 0 Å². The summed E-state index contributed by atoms with van der Waals surface area (Å²) in [5.41, 5.74) is -0.249. The maximum Gasteiger partial charge on any atom is 0.210 e. The number of hydrogen-bond donors (Lipinski definition) is 1. The second-order valence-electron chi connectivity index (χ2n) is 2.61. The fourth-order valence-corrected chi connectivity index (χ4v) is 1.35. The molecule has 1 fully saturated rings. The molecule has 1 N–H and O–H groups in total. The van der Waals surface area contributed by atoms with E-state index in [0.29, 0.717) is 0 Å². The summed E-state index contributed by atoms with van der Waals surface area (Å²) >= 11 is 0. The van der Waals surface area contributed by atoms with Gasteiger partial charge in [-0.3, -0.25) is 0 Å². The SMILES string of the molecule is [2H]PC1(O)OC1c1ccccc1. The fraction of sp³-hybridized carbons (Fsp3) is 0.250. The summed E-state index contributed by atoms with van der Waals surface area (Å²) in [7, 11) is -0.333. The lowest BCUT2D eigenvalue weighted by molar-refractivity contribution is 0.122. The molecule has 58 valence electrons. The van der Waals surface area contributed by atoms with Crippen LogP contribution in [-0.2, 0) is 4.74 Å². The molecule has 2 rings (SSSR count). The summed E-state index contributed by atoms with van der Waals surface area (Å²) in [6, 6.07) is 9.48. The molecule has 3 heteroatoms. The first kappa shape index (κ1) is 6.13. The van der Waals surface area contributed by atoms with Crippen LogP contribution in [0.2, 0.25) is 0 Å². The minimum absolute atomic E-state index is 0.283. The van der Waals surface area contributed by atoms with E-state index in [1.165, 1.54) is 0 Å². The lowest BCUT2D eigenvalue weighted by Crippen LogP contribution is -1.96. The lowest BCUT2D eigenvalue weighted by Gasteiger charge is -1.94. The quantitative estimate of drug-likeness (QED) is 0.534. The molecule has 1 aliphatic heterocycles. The number of epoxide rings is 1. The fourth-order valence-electron chi connectivity index (χ4n) is 1.07. The van der Waals surface area contributed by atoms with Gasteiger partial charge in [-0.2, -0.15) is 0 Å². The van der Waals surface area contributed by atoms with Gasteiger partial charge in [-0.25, -0.2) is 0 Å². The van der Waals surface area contributed by atoms with Crippen LogP contribution in [0.4, 0.5) is 0 Å². The second-order valence-corrected chi connectivity index (χ2v) is 3.32. The van der Waals surface area contributed by atoms with Crippen molar-refractivity contribution in [2.24, 2.45) is 0 Å². The van der Waals surface area contributed by atoms with E-state index < -0.39 is 5.53 Å². The second kappa shape index (κ2) is 2.28. The van der Waals surface area contributed by atoms with Crippen molar-refractivity contribution < 1.29 is 9.84 Å². The van der Waals surface area contributed by atoms with Gasteiger partial charge in [-0.1, -0.05) is 39.5 Å². The zero-order chi connectivity index (χ0) is 8.60. The van der Waals surface area contributed by atoms with Gasteiger partial charge in [-0.15, -0.1) is 0 Å². The molecule has 0 radical (unpaired) electrons. The molecule has 11 heavy (non-hydrogen) atoms. The average Bonchev–Trinajstić information content (AvgIpc) is 2.81. The van der Waals surface area contributed by atoms with Gasteiger partial charge < -0.3 is 9.84 Å². The Kier molecular flexibility index (Phi) is 1.27. The Labute approximate surface area is 68.7 Å². The Morgan fingerprint density at radius 2 is 2.27 bits per heavy atom. The van der Waals surface area contributed by atoms with Crippen LogP contribution in [0.1, 0.15) is 11.7 Å². The standard InChI is InChI=1S/C8H9O2P/c9-8(11)7(10-8)6-4-2-1-3-5-6/h1-5,7,9H,11H2/i11D. The third-order valence-corrected chi connectivity index (χ3v) is 2.08.